The van der Waals surface area contributed by atoms with Crippen molar-refractivity contribution in [1.82, 2.24) is 4.90 Å². The van der Waals surface area contributed by atoms with E-state index >= 15 is 0 Å². The van der Waals surface area contributed by atoms with Gasteiger partial charge in [-0.05, 0) is 58.1 Å². The quantitative estimate of drug-likeness (QED) is 0.663. The van der Waals surface area contributed by atoms with E-state index in [-0.39, 0.29) is 5.66 Å². The normalized spacial score (nSPS) is 44.0. The molecule has 2 bridgehead atoms. The van der Waals surface area contributed by atoms with Crippen molar-refractivity contribution in [3.05, 3.63) is 0 Å². The van der Waals surface area contributed by atoms with E-state index in [2.05, 4.69) is 25.5 Å². The molecule has 2 saturated heterocycles. The molecule has 114 valence electrons. The molecule has 3 rings (SSSR count). The van der Waals surface area contributed by atoms with Crippen LogP contribution in [0.25, 0.3) is 0 Å². The second-order valence-electron chi connectivity index (χ2n) is 8.02. The lowest BCUT2D eigenvalue weighted by Crippen LogP contribution is -2.61. The summed E-state index contributed by atoms with van der Waals surface area (Å²) in [6.07, 6.45) is 15.1. The Morgan fingerprint density at radius 2 is 1.65 bits per heavy atom. The maximum absolute atomic E-state index is 4.72. The molecule has 2 heteroatoms. The Bertz CT molecular complexity index is 358. The summed E-state index contributed by atoms with van der Waals surface area (Å²) >= 11 is 0. The number of aliphatic imine (C=N–C) groups is 1. The zero-order valence-electron chi connectivity index (χ0n) is 13.5. The van der Waals surface area contributed by atoms with Crippen molar-refractivity contribution in [2.45, 2.75) is 102 Å². The molecule has 0 amide bonds. The Kier molecular flexibility index (Phi) is 3.96. The molecule has 0 radical (unpaired) electrons. The minimum absolute atomic E-state index is 0.0796. The third-order valence-electron chi connectivity index (χ3n) is 6.29. The van der Waals surface area contributed by atoms with Gasteiger partial charge in [0.05, 0.1) is 0 Å². The van der Waals surface area contributed by atoms with Crippen molar-refractivity contribution in [1.29, 1.82) is 0 Å². The Morgan fingerprint density at radius 1 is 1.00 bits per heavy atom. The number of hydrogen-bond donors (Lipinski definition) is 0. The van der Waals surface area contributed by atoms with Crippen molar-refractivity contribution in [2.24, 2.45) is 10.9 Å². The van der Waals surface area contributed by atoms with Gasteiger partial charge in [-0.25, -0.2) is 0 Å². The SMILES string of the molecule is C=N[C@@]12CC[C@@](C)(C[C@@H](C)C1)N2C1CCCCCCC1. The van der Waals surface area contributed by atoms with E-state index in [1.165, 1.54) is 70.6 Å². The maximum atomic E-state index is 4.72. The van der Waals surface area contributed by atoms with Crippen LogP contribution >= 0.6 is 0 Å². The molecular formula is C18H32N2. The van der Waals surface area contributed by atoms with E-state index < -0.39 is 0 Å². The van der Waals surface area contributed by atoms with E-state index in [1.54, 1.807) is 0 Å². The van der Waals surface area contributed by atoms with Crippen molar-refractivity contribution < 1.29 is 0 Å². The average molecular weight is 276 g/mol. The van der Waals surface area contributed by atoms with Gasteiger partial charge in [-0.15, -0.1) is 0 Å². The van der Waals surface area contributed by atoms with Crippen LogP contribution in [0.1, 0.15) is 84.5 Å². The van der Waals surface area contributed by atoms with E-state index in [1.807, 2.05) is 0 Å². The molecular weight excluding hydrogens is 244 g/mol. The Labute approximate surface area is 125 Å². The van der Waals surface area contributed by atoms with Crippen molar-refractivity contribution in [3.8, 4) is 0 Å². The van der Waals surface area contributed by atoms with Crippen LogP contribution in [0.5, 0.6) is 0 Å². The highest BCUT2D eigenvalue weighted by molar-refractivity contribution is 5.28. The average Bonchev–Trinajstić information content (AvgIpc) is 2.56. The molecule has 0 aromatic heterocycles. The molecule has 2 aliphatic heterocycles. The fourth-order valence-electron chi connectivity index (χ4n) is 5.69. The molecule has 3 atom stereocenters. The molecule has 0 N–H and O–H groups in total. The van der Waals surface area contributed by atoms with Crippen LogP contribution in [0.2, 0.25) is 0 Å². The highest BCUT2D eigenvalue weighted by Gasteiger charge is 2.58. The van der Waals surface area contributed by atoms with Crippen LogP contribution in [0.15, 0.2) is 4.99 Å². The van der Waals surface area contributed by atoms with Crippen LogP contribution in [0.4, 0.5) is 0 Å². The summed E-state index contributed by atoms with van der Waals surface area (Å²) in [5, 5.41) is 0. The van der Waals surface area contributed by atoms with Crippen molar-refractivity contribution >= 4 is 6.72 Å². The number of piperidine rings is 1. The number of hydrogen-bond acceptors (Lipinski definition) is 2. The number of rotatable bonds is 2. The van der Waals surface area contributed by atoms with Gasteiger partial charge in [0.15, 0.2) is 0 Å². The van der Waals surface area contributed by atoms with Gasteiger partial charge in [0.1, 0.15) is 5.66 Å². The Hall–Kier alpha value is -0.370. The van der Waals surface area contributed by atoms with Gasteiger partial charge in [-0.2, -0.15) is 0 Å². The predicted octanol–water partition coefficient (Wildman–Crippen LogP) is 4.78. The van der Waals surface area contributed by atoms with E-state index in [9.17, 15) is 0 Å². The molecule has 2 nitrogen and oxygen atoms in total. The van der Waals surface area contributed by atoms with Crippen molar-refractivity contribution in [2.75, 3.05) is 0 Å². The topological polar surface area (TPSA) is 15.6 Å². The fraction of sp³-hybridized carbons (Fsp3) is 0.944. The van der Waals surface area contributed by atoms with Gasteiger partial charge in [0.25, 0.3) is 0 Å². The second-order valence-corrected chi connectivity index (χ2v) is 8.02. The van der Waals surface area contributed by atoms with Gasteiger partial charge >= 0.3 is 0 Å². The molecule has 0 aromatic carbocycles. The van der Waals surface area contributed by atoms with E-state index in [0.717, 1.165) is 12.0 Å². The van der Waals surface area contributed by atoms with Gasteiger partial charge in [-0.1, -0.05) is 39.0 Å². The first-order chi connectivity index (χ1) is 9.60. The van der Waals surface area contributed by atoms with Gasteiger partial charge in [-0.3, -0.25) is 9.89 Å². The standard InChI is InChI=1S/C18H32N2/c1-15-13-17(2)11-12-18(14-15,19-3)20(17)16-9-7-5-4-6-8-10-16/h15-16H,3-14H2,1-2H3/t15-,17+,18-/m1/s1. The summed E-state index contributed by atoms with van der Waals surface area (Å²) in [6.45, 7) is 8.94. The first-order valence-electron chi connectivity index (χ1n) is 8.87. The summed E-state index contributed by atoms with van der Waals surface area (Å²) in [6, 6.07) is 0.765. The molecule has 3 fully saturated rings. The number of nitrogens with zero attached hydrogens (tertiary/aromatic N) is 2. The molecule has 0 spiro atoms. The molecule has 20 heavy (non-hydrogen) atoms. The molecule has 1 saturated carbocycles. The lowest BCUT2D eigenvalue weighted by atomic mass is 9.79. The van der Waals surface area contributed by atoms with Gasteiger partial charge in [0.2, 0.25) is 0 Å². The minimum atomic E-state index is 0.0796. The second kappa shape index (κ2) is 5.44. The Balaban J connectivity index is 1.87. The maximum Gasteiger partial charge on any atom is 0.113 e. The third-order valence-corrected chi connectivity index (χ3v) is 6.29. The van der Waals surface area contributed by atoms with Crippen LogP contribution in [0.3, 0.4) is 0 Å². The summed E-state index contributed by atoms with van der Waals surface area (Å²) < 4.78 is 0. The summed E-state index contributed by atoms with van der Waals surface area (Å²) in [7, 11) is 0. The third kappa shape index (κ3) is 2.34. The zero-order valence-corrected chi connectivity index (χ0v) is 13.5. The first-order valence-corrected chi connectivity index (χ1v) is 8.87. The van der Waals surface area contributed by atoms with E-state index in [4.69, 9.17) is 4.99 Å². The highest BCUT2D eigenvalue weighted by Crippen LogP contribution is 2.55. The Morgan fingerprint density at radius 3 is 2.30 bits per heavy atom. The molecule has 2 heterocycles. The zero-order chi connectivity index (χ0) is 14.2. The van der Waals surface area contributed by atoms with Gasteiger partial charge < -0.3 is 0 Å². The smallest absolute Gasteiger partial charge is 0.113 e. The predicted molar refractivity (Wildman–Crippen MR) is 86.3 cm³/mol. The fourth-order valence-corrected chi connectivity index (χ4v) is 5.69. The van der Waals surface area contributed by atoms with Crippen LogP contribution in [0, 0.1) is 5.92 Å². The number of fused-ring (bicyclic) bond motifs is 2. The van der Waals surface area contributed by atoms with Crippen LogP contribution < -0.4 is 0 Å². The monoisotopic (exact) mass is 276 g/mol. The summed E-state index contributed by atoms with van der Waals surface area (Å²) in [5.74, 6) is 0.804. The largest absolute Gasteiger partial charge is 0.279 e. The highest BCUT2D eigenvalue weighted by atomic mass is 15.4. The molecule has 0 unspecified atom stereocenters. The molecule has 1 aliphatic carbocycles. The van der Waals surface area contributed by atoms with Crippen molar-refractivity contribution in [3.63, 3.8) is 0 Å². The first kappa shape index (κ1) is 14.6. The minimum Gasteiger partial charge on any atom is -0.279 e. The van der Waals surface area contributed by atoms with Crippen LogP contribution in [-0.2, 0) is 0 Å². The summed E-state index contributed by atoms with van der Waals surface area (Å²) in [4.78, 5) is 7.58. The molecule has 0 aromatic rings. The lowest BCUT2D eigenvalue weighted by Gasteiger charge is -2.54. The molecule has 3 aliphatic rings. The summed E-state index contributed by atoms with van der Waals surface area (Å²) in [5.41, 5.74) is 0.471. The van der Waals surface area contributed by atoms with E-state index in [0.29, 0.717) is 5.54 Å². The van der Waals surface area contributed by atoms with Gasteiger partial charge in [0, 0.05) is 11.6 Å². The van der Waals surface area contributed by atoms with Crippen LogP contribution in [-0.4, -0.2) is 28.9 Å². The lowest BCUT2D eigenvalue weighted by molar-refractivity contribution is -0.0571.